The van der Waals surface area contributed by atoms with Crippen molar-refractivity contribution in [2.24, 2.45) is 5.92 Å². The predicted molar refractivity (Wildman–Crippen MR) is 48.8 cm³/mol. The highest BCUT2D eigenvalue weighted by atomic mass is 16.5. The first-order valence-corrected chi connectivity index (χ1v) is 4.35. The van der Waals surface area contributed by atoms with Crippen molar-refractivity contribution in [1.29, 1.82) is 0 Å². The van der Waals surface area contributed by atoms with Gasteiger partial charge in [0.1, 0.15) is 12.2 Å². The molecule has 0 fully saturated rings. The van der Waals surface area contributed by atoms with Crippen molar-refractivity contribution in [3.63, 3.8) is 0 Å². The number of Topliss-reactive ketones (excluding diaryl/α,β-unsaturated/α-hetero) is 1. The predicted octanol–water partition coefficient (Wildman–Crippen LogP) is 1.66. The number of ether oxygens (including phenoxy) is 1. The number of hydrogen-bond donors (Lipinski definition) is 0. The van der Waals surface area contributed by atoms with E-state index < -0.39 is 11.9 Å². The van der Waals surface area contributed by atoms with Crippen LogP contribution in [0.4, 0.5) is 0 Å². The van der Waals surface area contributed by atoms with Crippen LogP contribution in [-0.4, -0.2) is 18.9 Å². The molecule has 0 aliphatic rings. The van der Waals surface area contributed by atoms with Crippen LogP contribution < -0.4 is 0 Å². The maximum absolute atomic E-state index is 11.7. The van der Waals surface area contributed by atoms with Crippen molar-refractivity contribution in [2.75, 3.05) is 7.11 Å². The van der Waals surface area contributed by atoms with Crippen LogP contribution in [-0.2, 0) is 9.53 Å². The van der Waals surface area contributed by atoms with Crippen molar-refractivity contribution in [3.05, 3.63) is 24.2 Å². The highest BCUT2D eigenvalue weighted by Crippen LogP contribution is 2.14. The molecule has 0 saturated carbocycles. The van der Waals surface area contributed by atoms with Crippen molar-refractivity contribution in [2.45, 2.75) is 13.3 Å². The van der Waals surface area contributed by atoms with E-state index in [1.807, 2.05) is 0 Å². The van der Waals surface area contributed by atoms with Crippen LogP contribution in [0.15, 0.2) is 23.0 Å². The van der Waals surface area contributed by atoms with Gasteiger partial charge in [-0.15, -0.1) is 0 Å². The Morgan fingerprint density at radius 3 is 2.71 bits per heavy atom. The smallest absolute Gasteiger partial charge is 0.316 e. The summed E-state index contributed by atoms with van der Waals surface area (Å²) in [4.78, 5) is 22.9. The number of methoxy groups -OCH3 is 1. The summed E-state index contributed by atoms with van der Waals surface area (Å²) in [5, 5.41) is 0. The van der Waals surface area contributed by atoms with Crippen LogP contribution in [0.5, 0.6) is 0 Å². The fraction of sp³-hybridized carbons (Fsp3) is 0.400. The number of carbonyl (C=O) groups is 2. The maximum atomic E-state index is 11.7. The van der Waals surface area contributed by atoms with Crippen LogP contribution in [0.1, 0.15) is 23.7 Å². The summed E-state index contributed by atoms with van der Waals surface area (Å²) in [6, 6.07) is 1.54. The van der Waals surface area contributed by atoms with Crippen LogP contribution >= 0.6 is 0 Å². The Labute approximate surface area is 81.9 Å². The zero-order valence-corrected chi connectivity index (χ0v) is 8.15. The Balaban J connectivity index is 2.81. The van der Waals surface area contributed by atoms with Gasteiger partial charge in [0.15, 0.2) is 5.78 Å². The summed E-state index contributed by atoms with van der Waals surface area (Å²) in [5.41, 5.74) is 0.405. The number of ketones is 1. The largest absolute Gasteiger partial charge is 0.472 e. The number of furan rings is 1. The number of rotatable bonds is 4. The molecular weight excluding hydrogens is 184 g/mol. The van der Waals surface area contributed by atoms with Gasteiger partial charge in [0.2, 0.25) is 0 Å². The van der Waals surface area contributed by atoms with Gasteiger partial charge < -0.3 is 9.15 Å². The minimum atomic E-state index is -0.724. The molecule has 0 amide bonds. The van der Waals surface area contributed by atoms with E-state index in [1.54, 1.807) is 6.92 Å². The lowest BCUT2D eigenvalue weighted by Gasteiger charge is -2.09. The molecule has 0 bridgehead atoms. The molecule has 0 radical (unpaired) electrons. The topological polar surface area (TPSA) is 56.5 Å². The van der Waals surface area contributed by atoms with Gasteiger partial charge in [0.25, 0.3) is 0 Å². The molecule has 4 heteroatoms. The van der Waals surface area contributed by atoms with E-state index in [4.69, 9.17) is 4.42 Å². The fourth-order valence-corrected chi connectivity index (χ4v) is 1.21. The summed E-state index contributed by atoms with van der Waals surface area (Å²) >= 11 is 0. The number of esters is 1. The molecule has 14 heavy (non-hydrogen) atoms. The molecular formula is C10H12O4. The van der Waals surface area contributed by atoms with E-state index in [1.165, 1.54) is 25.7 Å². The quantitative estimate of drug-likeness (QED) is 0.417. The minimum absolute atomic E-state index is 0.256. The lowest BCUT2D eigenvalue weighted by Crippen LogP contribution is -2.24. The summed E-state index contributed by atoms with van der Waals surface area (Å²) in [7, 11) is 1.27. The van der Waals surface area contributed by atoms with Crippen molar-refractivity contribution >= 4 is 11.8 Å². The first kappa shape index (κ1) is 10.5. The molecule has 0 spiro atoms. The van der Waals surface area contributed by atoms with Crippen LogP contribution in [0.2, 0.25) is 0 Å². The Morgan fingerprint density at radius 2 is 2.29 bits per heavy atom. The Bertz CT molecular complexity index is 313. The molecule has 0 aromatic carbocycles. The molecule has 0 N–H and O–H groups in total. The molecule has 1 aromatic rings. The molecule has 1 atom stereocenters. The third kappa shape index (κ3) is 2.02. The van der Waals surface area contributed by atoms with Gasteiger partial charge in [0, 0.05) is 0 Å². The highest BCUT2D eigenvalue weighted by molar-refractivity contribution is 6.08. The van der Waals surface area contributed by atoms with Crippen molar-refractivity contribution < 1.29 is 18.7 Å². The lowest BCUT2D eigenvalue weighted by molar-refractivity contribution is -0.143. The second-order valence-corrected chi connectivity index (χ2v) is 2.86. The molecule has 1 heterocycles. The van der Waals surface area contributed by atoms with Gasteiger partial charge in [-0.3, -0.25) is 9.59 Å². The molecule has 0 saturated heterocycles. The van der Waals surface area contributed by atoms with Gasteiger partial charge in [-0.05, 0) is 12.5 Å². The first-order valence-electron chi connectivity index (χ1n) is 4.35. The molecule has 1 rings (SSSR count). The van der Waals surface area contributed by atoms with Gasteiger partial charge in [-0.1, -0.05) is 6.92 Å². The Kier molecular flexibility index (Phi) is 3.45. The second kappa shape index (κ2) is 4.60. The SMILES string of the molecule is CCC(C(=O)OC)C(=O)c1ccoc1. The van der Waals surface area contributed by atoms with Crippen molar-refractivity contribution in [3.8, 4) is 0 Å². The summed E-state index contributed by atoms with van der Waals surface area (Å²) in [5.74, 6) is -1.48. The Morgan fingerprint density at radius 1 is 1.57 bits per heavy atom. The zero-order chi connectivity index (χ0) is 10.6. The lowest BCUT2D eigenvalue weighted by atomic mass is 9.97. The normalized spacial score (nSPS) is 12.1. The summed E-state index contributed by atoms with van der Waals surface area (Å²) in [6.45, 7) is 1.76. The molecule has 0 aliphatic heterocycles. The number of hydrogen-bond acceptors (Lipinski definition) is 4. The number of carbonyl (C=O) groups excluding carboxylic acids is 2. The summed E-state index contributed by atoms with van der Waals surface area (Å²) < 4.78 is 9.30. The van der Waals surface area contributed by atoms with E-state index in [9.17, 15) is 9.59 Å². The van der Waals surface area contributed by atoms with Crippen molar-refractivity contribution in [1.82, 2.24) is 0 Å². The molecule has 4 nitrogen and oxygen atoms in total. The average molecular weight is 196 g/mol. The van der Waals surface area contributed by atoms with Crippen LogP contribution in [0.3, 0.4) is 0 Å². The third-order valence-electron chi connectivity index (χ3n) is 2.02. The van der Waals surface area contributed by atoms with E-state index in [2.05, 4.69) is 4.74 Å². The first-order chi connectivity index (χ1) is 6.70. The molecule has 1 aromatic heterocycles. The molecule has 1 unspecified atom stereocenters. The summed E-state index contributed by atoms with van der Waals surface area (Å²) in [6.07, 6.45) is 3.15. The van der Waals surface area contributed by atoms with Gasteiger partial charge in [0.05, 0.1) is 18.9 Å². The molecule has 0 aliphatic carbocycles. The highest BCUT2D eigenvalue weighted by Gasteiger charge is 2.26. The van der Waals surface area contributed by atoms with Crippen LogP contribution in [0, 0.1) is 5.92 Å². The minimum Gasteiger partial charge on any atom is -0.472 e. The molecule has 76 valence electrons. The third-order valence-corrected chi connectivity index (χ3v) is 2.02. The Hall–Kier alpha value is -1.58. The van der Waals surface area contributed by atoms with E-state index >= 15 is 0 Å². The fourth-order valence-electron chi connectivity index (χ4n) is 1.21. The van der Waals surface area contributed by atoms with Crippen LogP contribution in [0.25, 0.3) is 0 Å². The van der Waals surface area contributed by atoms with Gasteiger partial charge in [-0.2, -0.15) is 0 Å². The monoisotopic (exact) mass is 196 g/mol. The standard InChI is InChI=1S/C10H12O4/c1-3-8(10(12)13-2)9(11)7-4-5-14-6-7/h4-6,8H,3H2,1-2H3. The van der Waals surface area contributed by atoms with Gasteiger partial charge in [-0.25, -0.2) is 0 Å². The maximum Gasteiger partial charge on any atom is 0.316 e. The second-order valence-electron chi connectivity index (χ2n) is 2.86. The van der Waals surface area contributed by atoms with E-state index in [0.29, 0.717) is 12.0 Å². The van der Waals surface area contributed by atoms with E-state index in [-0.39, 0.29) is 5.78 Å². The average Bonchev–Trinajstić information content (AvgIpc) is 2.71. The van der Waals surface area contributed by atoms with E-state index in [0.717, 1.165) is 0 Å². The van der Waals surface area contributed by atoms with Gasteiger partial charge >= 0.3 is 5.97 Å². The zero-order valence-electron chi connectivity index (χ0n) is 8.15.